The molecule has 0 radical (unpaired) electrons. The van der Waals surface area contributed by atoms with E-state index in [0.717, 1.165) is 0 Å². The molecule has 0 saturated heterocycles. The second-order valence-electron chi connectivity index (χ2n) is 2.33. The molecular weight excluding hydrogens is 121 g/mol. The average Bonchev–Trinajstić information content (AvgIpc) is 1.64. The van der Waals surface area contributed by atoms with E-state index in [1.807, 2.05) is 0 Å². The Bertz CT molecular complexity index is 106. The van der Waals surface area contributed by atoms with Crippen LogP contribution in [0.2, 0.25) is 0 Å². The van der Waals surface area contributed by atoms with Crippen molar-refractivity contribution < 1.29 is 9.18 Å². The summed E-state index contributed by atoms with van der Waals surface area (Å²) in [4.78, 5) is 10.6. The van der Waals surface area contributed by atoms with Gasteiger partial charge >= 0.3 is 0 Å². The minimum Gasteiger partial charge on any atom is -0.354 e. The second-order valence-corrected chi connectivity index (χ2v) is 2.33. The Hall–Kier alpha value is -0.600. The normalized spacial score (nSPS) is 11.1. The summed E-state index contributed by atoms with van der Waals surface area (Å²) in [5.41, 5.74) is -1.74. The molecule has 2 nitrogen and oxygen atoms in total. The maximum absolute atomic E-state index is 12.6. The highest BCUT2D eigenvalue weighted by Gasteiger charge is 2.25. The molecule has 0 aliphatic rings. The molecule has 9 heavy (non-hydrogen) atoms. The predicted molar refractivity (Wildman–Crippen MR) is 33.9 cm³/mol. The van der Waals surface area contributed by atoms with Crippen molar-refractivity contribution >= 4 is 5.91 Å². The maximum Gasteiger partial charge on any atom is 0.257 e. The van der Waals surface area contributed by atoms with Crippen molar-refractivity contribution in [3.63, 3.8) is 0 Å². The van der Waals surface area contributed by atoms with Gasteiger partial charge < -0.3 is 5.32 Å². The molecule has 0 spiro atoms. The SMILES string of the molecule is CCNC(=O)C(C)(C)F. The molecular formula is C6H12FNO. The molecule has 0 aliphatic carbocycles. The van der Waals surface area contributed by atoms with Gasteiger partial charge in [-0.15, -0.1) is 0 Å². The van der Waals surface area contributed by atoms with Crippen molar-refractivity contribution in [2.75, 3.05) is 6.54 Å². The Labute approximate surface area is 54.4 Å². The van der Waals surface area contributed by atoms with Crippen LogP contribution in [0.5, 0.6) is 0 Å². The van der Waals surface area contributed by atoms with E-state index < -0.39 is 11.6 Å². The number of halogens is 1. The quantitative estimate of drug-likeness (QED) is 0.595. The van der Waals surface area contributed by atoms with Crippen LogP contribution in [0.4, 0.5) is 4.39 Å². The van der Waals surface area contributed by atoms with E-state index in [1.165, 1.54) is 13.8 Å². The number of alkyl halides is 1. The molecule has 0 bridgehead atoms. The molecule has 0 saturated carbocycles. The molecule has 0 unspecified atom stereocenters. The van der Waals surface area contributed by atoms with Gasteiger partial charge in [-0.05, 0) is 20.8 Å². The molecule has 0 rings (SSSR count). The van der Waals surface area contributed by atoms with E-state index in [4.69, 9.17) is 0 Å². The highest BCUT2D eigenvalue weighted by molar-refractivity contribution is 5.83. The third-order valence-corrected chi connectivity index (χ3v) is 0.877. The Balaban J connectivity index is 3.74. The van der Waals surface area contributed by atoms with Crippen molar-refractivity contribution in [2.24, 2.45) is 0 Å². The second kappa shape index (κ2) is 2.80. The smallest absolute Gasteiger partial charge is 0.257 e. The fourth-order valence-electron chi connectivity index (χ4n) is 0.371. The first-order valence-corrected chi connectivity index (χ1v) is 2.95. The van der Waals surface area contributed by atoms with Crippen LogP contribution in [-0.4, -0.2) is 18.1 Å². The number of hydrogen-bond donors (Lipinski definition) is 1. The van der Waals surface area contributed by atoms with Crippen molar-refractivity contribution in [1.29, 1.82) is 0 Å². The topological polar surface area (TPSA) is 29.1 Å². The summed E-state index contributed by atoms with van der Waals surface area (Å²) in [7, 11) is 0. The van der Waals surface area contributed by atoms with Crippen molar-refractivity contribution in [3.8, 4) is 0 Å². The van der Waals surface area contributed by atoms with E-state index in [0.29, 0.717) is 6.54 Å². The molecule has 3 heteroatoms. The molecule has 1 N–H and O–H groups in total. The first kappa shape index (κ1) is 8.40. The third-order valence-electron chi connectivity index (χ3n) is 0.877. The highest BCUT2D eigenvalue weighted by Crippen LogP contribution is 2.06. The number of carbonyl (C=O) groups excluding carboxylic acids is 1. The van der Waals surface area contributed by atoms with E-state index in [-0.39, 0.29) is 0 Å². The van der Waals surface area contributed by atoms with Gasteiger partial charge in [0.15, 0.2) is 5.67 Å². The largest absolute Gasteiger partial charge is 0.354 e. The third kappa shape index (κ3) is 3.06. The zero-order valence-electron chi connectivity index (χ0n) is 5.99. The van der Waals surface area contributed by atoms with Crippen molar-refractivity contribution in [1.82, 2.24) is 5.32 Å². The average molecular weight is 133 g/mol. The lowest BCUT2D eigenvalue weighted by Gasteiger charge is -2.11. The van der Waals surface area contributed by atoms with E-state index in [1.54, 1.807) is 6.92 Å². The lowest BCUT2D eigenvalue weighted by atomic mass is 10.1. The van der Waals surface area contributed by atoms with Crippen LogP contribution in [-0.2, 0) is 4.79 Å². The van der Waals surface area contributed by atoms with Crippen LogP contribution in [0.25, 0.3) is 0 Å². The predicted octanol–water partition coefficient (Wildman–Crippen LogP) is 0.871. The van der Waals surface area contributed by atoms with Gasteiger partial charge in [-0.25, -0.2) is 4.39 Å². The number of carbonyl (C=O) groups is 1. The van der Waals surface area contributed by atoms with Gasteiger partial charge in [-0.1, -0.05) is 0 Å². The number of rotatable bonds is 2. The first-order valence-electron chi connectivity index (χ1n) is 2.95. The maximum atomic E-state index is 12.6. The van der Waals surface area contributed by atoms with Crippen LogP contribution in [0, 0.1) is 0 Å². The molecule has 0 aliphatic heterocycles. The van der Waals surface area contributed by atoms with Gasteiger partial charge in [0.1, 0.15) is 0 Å². The fraction of sp³-hybridized carbons (Fsp3) is 0.833. The molecule has 0 aromatic rings. The van der Waals surface area contributed by atoms with Gasteiger partial charge in [0.25, 0.3) is 5.91 Å². The van der Waals surface area contributed by atoms with Gasteiger partial charge in [0, 0.05) is 6.54 Å². The summed E-state index contributed by atoms with van der Waals surface area (Å²) in [5, 5.41) is 2.37. The molecule has 0 atom stereocenters. The Kier molecular flexibility index (Phi) is 2.62. The van der Waals surface area contributed by atoms with Gasteiger partial charge in [0.2, 0.25) is 0 Å². The lowest BCUT2D eigenvalue weighted by molar-refractivity contribution is -0.130. The zero-order valence-corrected chi connectivity index (χ0v) is 5.99. The van der Waals surface area contributed by atoms with Crippen LogP contribution >= 0.6 is 0 Å². The van der Waals surface area contributed by atoms with Crippen LogP contribution < -0.4 is 5.32 Å². The number of amides is 1. The van der Waals surface area contributed by atoms with Gasteiger partial charge in [-0.3, -0.25) is 4.79 Å². The summed E-state index contributed by atoms with van der Waals surface area (Å²) >= 11 is 0. The van der Waals surface area contributed by atoms with E-state index in [9.17, 15) is 9.18 Å². The molecule has 54 valence electrons. The Morgan fingerprint density at radius 1 is 1.67 bits per heavy atom. The number of nitrogens with one attached hydrogen (secondary N) is 1. The summed E-state index contributed by atoms with van der Waals surface area (Å²) in [5.74, 6) is -0.551. The van der Waals surface area contributed by atoms with E-state index in [2.05, 4.69) is 5.32 Å². The molecule has 0 heterocycles. The number of hydrogen-bond acceptors (Lipinski definition) is 1. The lowest BCUT2D eigenvalue weighted by Crippen LogP contribution is -2.38. The minimum absolute atomic E-state index is 0.478. The highest BCUT2D eigenvalue weighted by atomic mass is 19.1. The molecule has 0 fully saturated rings. The standard InChI is InChI=1S/C6H12FNO/c1-4-8-5(9)6(2,3)7/h4H2,1-3H3,(H,8,9). The molecule has 0 aromatic heterocycles. The summed E-state index contributed by atoms with van der Waals surface area (Å²) in [6.45, 7) is 4.70. The summed E-state index contributed by atoms with van der Waals surface area (Å²) in [6, 6.07) is 0. The monoisotopic (exact) mass is 133 g/mol. The van der Waals surface area contributed by atoms with Crippen LogP contribution in [0.1, 0.15) is 20.8 Å². The zero-order chi connectivity index (χ0) is 7.49. The molecule has 1 amide bonds. The summed E-state index contributed by atoms with van der Waals surface area (Å²) < 4.78 is 12.6. The molecule has 0 aromatic carbocycles. The van der Waals surface area contributed by atoms with Crippen LogP contribution in [0.3, 0.4) is 0 Å². The first-order chi connectivity index (χ1) is 3.98. The van der Waals surface area contributed by atoms with Crippen molar-refractivity contribution in [2.45, 2.75) is 26.4 Å². The summed E-state index contributed by atoms with van der Waals surface area (Å²) in [6.07, 6.45) is 0. The Morgan fingerprint density at radius 3 is 2.22 bits per heavy atom. The van der Waals surface area contributed by atoms with Gasteiger partial charge in [-0.2, -0.15) is 0 Å². The van der Waals surface area contributed by atoms with Crippen LogP contribution in [0.15, 0.2) is 0 Å². The minimum atomic E-state index is -1.74. The van der Waals surface area contributed by atoms with Crippen molar-refractivity contribution in [3.05, 3.63) is 0 Å². The fourth-order valence-corrected chi connectivity index (χ4v) is 0.371. The van der Waals surface area contributed by atoms with E-state index >= 15 is 0 Å². The van der Waals surface area contributed by atoms with Gasteiger partial charge in [0.05, 0.1) is 0 Å². The Morgan fingerprint density at radius 2 is 2.11 bits per heavy atom.